The van der Waals surface area contributed by atoms with E-state index in [1.807, 2.05) is 19.1 Å². The summed E-state index contributed by atoms with van der Waals surface area (Å²) in [6, 6.07) is 7.21. The van der Waals surface area contributed by atoms with Crippen LogP contribution < -0.4 is 16.7 Å². The van der Waals surface area contributed by atoms with Crippen LogP contribution in [0.15, 0.2) is 29.4 Å². The fourth-order valence-corrected chi connectivity index (χ4v) is 1.72. The molecule has 0 spiro atoms. The van der Waals surface area contributed by atoms with Gasteiger partial charge in [0, 0.05) is 12.3 Å². The van der Waals surface area contributed by atoms with Crippen molar-refractivity contribution >= 4 is 17.3 Å². The van der Waals surface area contributed by atoms with Crippen molar-refractivity contribution in [2.24, 2.45) is 11.0 Å². The van der Waals surface area contributed by atoms with Crippen LogP contribution in [-0.2, 0) is 4.79 Å². The largest absolute Gasteiger partial charge is 0.286 e. The van der Waals surface area contributed by atoms with Gasteiger partial charge in [0.05, 0.1) is 11.4 Å². The Labute approximate surface area is 93.7 Å². The summed E-state index contributed by atoms with van der Waals surface area (Å²) in [6.45, 7) is 1.97. The van der Waals surface area contributed by atoms with Gasteiger partial charge in [-0.3, -0.25) is 10.2 Å². The zero-order valence-electron chi connectivity index (χ0n) is 8.90. The highest BCUT2D eigenvalue weighted by molar-refractivity contribution is 6.05. The summed E-state index contributed by atoms with van der Waals surface area (Å²) in [5, 5.41) is 4.05. The zero-order chi connectivity index (χ0) is 11.5. The van der Waals surface area contributed by atoms with E-state index in [1.165, 1.54) is 0 Å². The van der Waals surface area contributed by atoms with Gasteiger partial charge in [0.25, 0.3) is 0 Å². The lowest BCUT2D eigenvalue weighted by molar-refractivity contribution is -0.121. The van der Waals surface area contributed by atoms with Crippen molar-refractivity contribution < 1.29 is 4.79 Å². The number of rotatable bonds is 2. The molecule has 5 nitrogen and oxygen atoms in total. The quantitative estimate of drug-likeness (QED) is 0.722. The van der Waals surface area contributed by atoms with E-state index in [1.54, 1.807) is 12.1 Å². The second-order valence-corrected chi connectivity index (χ2v) is 3.83. The standard InChI is InChI=1S/C11H12N4O/c1-7-6-10(16)14-15-11(7)8-2-4-9(13-12)5-3-8/h2-5,7,13H,6H2,1H3,(H,14,16)/t7-/m1/s1. The van der Waals surface area contributed by atoms with Crippen LogP contribution in [0.25, 0.3) is 0 Å². The number of hydrogen-bond donors (Lipinski definition) is 2. The smallest absolute Gasteiger partial charge is 0.240 e. The topological polar surface area (TPSA) is 75.8 Å². The molecule has 2 radical (unpaired) electrons. The Morgan fingerprint density at radius 3 is 2.69 bits per heavy atom. The van der Waals surface area contributed by atoms with Crippen LogP contribution in [0.3, 0.4) is 0 Å². The molecule has 1 aromatic carbocycles. The Kier molecular flexibility index (Phi) is 2.87. The molecule has 16 heavy (non-hydrogen) atoms. The number of carbonyl (C=O) groups excluding carboxylic acids is 1. The highest BCUT2D eigenvalue weighted by Gasteiger charge is 2.21. The van der Waals surface area contributed by atoms with Gasteiger partial charge in [-0.25, -0.2) is 5.43 Å². The Hall–Kier alpha value is -1.88. The lowest BCUT2D eigenvalue weighted by atomic mass is 9.94. The minimum atomic E-state index is -0.0510. The molecule has 0 bridgehead atoms. The predicted molar refractivity (Wildman–Crippen MR) is 60.7 cm³/mol. The van der Waals surface area contributed by atoms with E-state index in [2.05, 4.69) is 16.0 Å². The highest BCUT2D eigenvalue weighted by atomic mass is 16.2. The Bertz CT molecular complexity index is 424. The summed E-state index contributed by atoms with van der Waals surface area (Å²) in [5.41, 5.74) is 6.98. The molecule has 0 aliphatic carbocycles. The number of hydrogen-bond acceptors (Lipinski definition) is 3. The van der Waals surface area contributed by atoms with Crippen LogP contribution in [-0.4, -0.2) is 11.6 Å². The average Bonchev–Trinajstić information content (AvgIpc) is 2.29. The van der Waals surface area contributed by atoms with Gasteiger partial charge in [0.2, 0.25) is 5.91 Å². The number of benzene rings is 1. The molecule has 5 heteroatoms. The molecule has 1 aromatic rings. The maximum atomic E-state index is 11.1. The average molecular weight is 216 g/mol. The summed E-state index contributed by atoms with van der Waals surface area (Å²) in [7, 11) is 0. The predicted octanol–water partition coefficient (Wildman–Crippen LogP) is 0.942. The summed E-state index contributed by atoms with van der Waals surface area (Å²) in [6.07, 6.45) is 0.457. The molecule has 1 aliphatic rings. The van der Waals surface area contributed by atoms with E-state index in [4.69, 9.17) is 5.84 Å². The minimum absolute atomic E-state index is 0.0510. The number of amides is 1. The van der Waals surface area contributed by atoms with Crippen molar-refractivity contribution in [3.63, 3.8) is 0 Å². The van der Waals surface area contributed by atoms with Crippen molar-refractivity contribution in [1.82, 2.24) is 11.3 Å². The van der Waals surface area contributed by atoms with E-state index in [0.717, 1.165) is 11.3 Å². The lowest BCUT2D eigenvalue weighted by Gasteiger charge is -2.19. The zero-order valence-corrected chi connectivity index (χ0v) is 8.90. The van der Waals surface area contributed by atoms with Gasteiger partial charge in [0.1, 0.15) is 0 Å². The van der Waals surface area contributed by atoms with E-state index in [-0.39, 0.29) is 11.8 Å². The maximum absolute atomic E-state index is 11.1. The van der Waals surface area contributed by atoms with Crippen LogP contribution in [0, 0.1) is 5.92 Å². The molecule has 1 atom stereocenters. The first-order valence-corrected chi connectivity index (χ1v) is 5.07. The molecular weight excluding hydrogens is 204 g/mol. The number of anilines is 1. The first-order valence-electron chi connectivity index (χ1n) is 5.07. The third kappa shape index (κ3) is 2.04. The van der Waals surface area contributed by atoms with Crippen molar-refractivity contribution in [3.05, 3.63) is 29.8 Å². The van der Waals surface area contributed by atoms with Gasteiger partial charge in [-0.15, -0.1) is 0 Å². The Morgan fingerprint density at radius 1 is 1.44 bits per heavy atom. The van der Waals surface area contributed by atoms with E-state index in [9.17, 15) is 4.79 Å². The van der Waals surface area contributed by atoms with Crippen molar-refractivity contribution in [2.45, 2.75) is 13.3 Å². The molecule has 0 aromatic heterocycles. The molecule has 2 rings (SSSR count). The fourth-order valence-electron chi connectivity index (χ4n) is 1.72. The number of hydrazone groups is 1. The molecule has 0 unspecified atom stereocenters. The lowest BCUT2D eigenvalue weighted by Crippen LogP contribution is -2.31. The molecular formula is C11H12N4O. The van der Waals surface area contributed by atoms with Crippen LogP contribution in [0.5, 0.6) is 0 Å². The summed E-state index contributed by atoms with van der Waals surface area (Å²) >= 11 is 0. The molecule has 0 saturated carbocycles. The third-order valence-corrected chi connectivity index (χ3v) is 2.57. The first kappa shape index (κ1) is 10.6. The molecule has 2 N–H and O–H groups in total. The number of carbonyl (C=O) groups is 1. The van der Waals surface area contributed by atoms with Gasteiger partial charge >= 0.3 is 0 Å². The summed E-state index contributed by atoms with van der Waals surface area (Å²) in [5.74, 6) is 8.75. The minimum Gasteiger partial charge on any atom is -0.286 e. The molecule has 0 fully saturated rings. The Morgan fingerprint density at radius 2 is 2.12 bits per heavy atom. The van der Waals surface area contributed by atoms with Crippen LogP contribution in [0.2, 0.25) is 0 Å². The van der Waals surface area contributed by atoms with E-state index < -0.39 is 0 Å². The molecule has 1 heterocycles. The third-order valence-electron chi connectivity index (χ3n) is 2.57. The van der Waals surface area contributed by atoms with E-state index >= 15 is 0 Å². The van der Waals surface area contributed by atoms with Crippen molar-refractivity contribution in [3.8, 4) is 0 Å². The second kappa shape index (κ2) is 4.32. The van der Waals surface area contributed by atoms with Crippen LogP contribution >= 0.6 is 0 Å². The van der Waals surface area contributed by atoms with Crippen LogP contribution in [0.4, 0.5) is 5.69 Å². The second-order valence-electron chi connectivity index (χ2n) is 3.83. The Balaban J connectivity index is 2.26. The monoisotopic (exact) mass is 216 g/mol. The van der Waals surface area contributed by atoms with Gasteiger partial charge < -0.3 is 0 Å². The van der Waals surface area contributed by atoms with Gasteiger partial charge in [0.15, 0.2) is 0 Å². The van der Waals surface area contributed by atoms with Gasteiger partial charge in [-0.05, 0) is 23.5 Å². The number of nitrogens with zero attached hydrogens (tertiary/aromatic N) is 2. The molecule has 1 amide bonds. The molecule has 0 saturated heterocycles. The maximum Gasteiger partial charge on any atom is 0.240 e. The molecule has 1 aliphatic heterocycles. The molecule has 82 valence electrons. The van der Waals surface area contributed by atoms with Crippen LogP contribution in [0.1, 0.15) is 18.9 Å². The number of nitrogens with one attached hydrogen (secondary N) is 2. The van der Waals surface area contributed by atoms with Gasteiger partial charge in [-0.1, -0.05) is 19.1 Å². The first-order chi connectivity index (χ1) is 7.70. The van der Waals surface area contributed by atoms with Crippen molar-refractivity contribution in [2.75, 3.05) is 5.43 Å². The highest BCUT2D eigenvalue weighted by Crippen LogP contribution is 2.17. The van der Waals surface area contributed by atoms with E-state index in [0.29, 0.717) is 12.1 Å². The summed E-state index contributed by atoms with van der Waals surface area (Å²) < 4.78 is 0. The van der Waals surface area contributed by atoms with Crippen molar-refractivity contribution in [1.29, 1.82) is 0 Å². The normalized spacial score (nSPS) is 20.0. The fraction of sp³-hybridized carbons (Fsp3) is 0.273. The van der Waals surface area contributed by atoms with Gasteiger partial charge in [-0.2, -0.15) is 5.10 Å². The SMILES string of the molecule is C[C@@H]1CC(=O)NN=C1c1ccc(N[N])cc1. The summed E-state index contributed by atoms with van der Waals surface area (Å²) in [4.78, 5) is 11.1.